The molecule has 1 saturated heterocycles. The number of rotatable bonds is 3. The number of nitrogens with two attached hydrogens (primary N) is 1. The fraction of sp³-hybridized carbons (Fsp3) is 0.167. The van der Waals surface area contributed by atoms with E-state index >= 15 is 0 Å². The second-order valence-electron chi connectivity index (χ2n) is 5.08. The van der Waals surface area contributed by atoms with Gasteiger partial charge in [-0.1, -0.05) is 31.7 Å². The first-order valence-corrected chi connectivity index (χ1v) is 6.86. The highest BCUT2D eigenvalue weighted by Crippen LogP contribution is 2.20. The fourth-order valence-corrected chi connectivity index (χ4v) is 2.14. The summed E-state index contributed by atoms with van der Waals surface area (Å²) in [5, 5.41) is 2.61. The number of ether oxygens (including phenoxy) is 1. The summed E-state index contributed by atoms with van der Waals surface area (Å²) in [5.41, 5.74) is 8.45. The van der Waals surface area contributed by atoms with Gasteiger partial charge in [0.2, 0.25) is 0 Å². The molecule has 0 atom stereocenters. The van der Waals surface area contributed by atoms with Gasteiger partial charge >= 0.3 is 0 Å². The molecule has 5 heteroatoms. The van der Waals surface area contributed by atoms with Gasteiger partial charge in [-0.05, 0) is 35.4 Å². The molecule has 0 bridgehead atoms. The van der Waals surface area contributed by atoms with Crippen molar-refractivity contribution in [3.8, 4) is 0 Å². The molecule has 1 heterocycles. The molecule has 0 radical (unpaired) electrons. The van der Waals surface area contributed by atoms with E-state index in [4.69, 9.17) is 10.5 Å². The molecule has 0 spiro atoms. The number of hydrogen-bond acceptors (Lipinski definition) is 3. The molecule has 3 rings (SSSR count). The van der Waals surface area contributed by atoms with Crippen LogP contribution in [0.25, 0.3) is 6.08 Å². The minimum absolute atomic E-state index is 0. The lowest BCUT2D eigenvalue weighted by Gasteiger charge is -2.17. The van der Waals surface area contributed by atoms with E-state index in [1.807, 2.05) is 6.08 Å². The summed E-state index contributed by atoms with van der Waals surface area (Å²) in [4.78, 5) is 12.1. The van der Waals surface area contributed by atoms with Crippen LogP contribution in [0.15, 0.2) is 48.0 Å². The lowest BCUT2D eigenvalue weighted by atomic mass is 10.1. The summed E-state index contributed by atoms with van der Waals surface area (Å²) in [6.45, 7) is 1.16. The zero-order chi connectivity index (χ0) is 15.5. The monoisotopic (exact) mass is 314 g/mol. The zero-order valence-electron chi connectivity index (χ0n) is 11.8. The van der Waals surface area contributed by atoms with Crippen LogP contribution in [0.2, 0.25) is 0 Å². The largest absolute Gasteiger partial charge is 0.397 e. The molecular formula is C18H19FN2O2. The average molecular weight is 314 g/mol. The van der Waals surface area contributed by atoms with Crippen molar-refractivity contribution in [3.05, 3.63) is 65.0 Å². The molecule has 23 heavy (non-hydrogen) atoms. The molecule has 4 nitrogen and oxygen atoms in total. The summed E-state index contributed by atoms with van der Waals surface area (Å²) in [5.74, 6) is -1.09. The predicted molar refractivity (Wildman–Crippen MR) is 90.7 cm³/mol. The number of hydrogen-bond donors (Lipinski definition) is 2. The van der Waals surface area contributed by atoms with Crippen LogP contribution in [-0.4, -0.2) is 19.1 Å². The summed E-state index contributed by atoms with van der Waals surface area (Å²) in [6.07, 6.45) is 1.86. The molecule has 2 aromatic rings. The number of amides is 1. The molecule has 2 aromatic carbocycles. The van der Waals surface area contributed by atoms with Crippen molar-refractivity contribution in [3.63, 3.8) is 0 Å². The van der Waals surface area contributed by atoms with Gasteiger partial charge in [-0.2, -0.15) is 0 Å². The van der Waals surface area contributed by atoms with Crippen molar-refractivity contribution in [1.82, 2.24) is 0 Å². The average Bonchev–Trinajstić information content (AvgIpc) is 2.45. The van der Waals surface area contributed by atoms with Crippen molar-refractivity contribution in [2.45, 2.75) is 7.43 Å². The number of halogens is 1. The number of carbonyl (C=O) groups excluding carboxylic acids is 1. The molecule has 1 aliphatic rings. The Kier molecular flexibility index (Phi) is 5.13. The van der Waals surface area contributed by atoms with Crippen LogP contribution in [0.5, 0.6) is 0 Å². The van der Waals surface area contributed by atoms with E-state index in [2.05, 4.69) is 5.32 Å². The van der Waals surface area contributed by atoms with E-state index in [1.54, 1.807) is 30.3 Å². The van der Waals surface area contributed by atoms with Gasteiger partial charge in [-0.25, -0.2) is 4.39 Å². The third-order valence-electron chi connectivity index (χ3n) is 3.39. The number of carbonyl (C=O) groups is 1. The van der Waals surface area contributed by atoms with Gasteiger partial charge in [-0.15, -0.1) is 0 Å². The van der Waals surface area contributed by atoms with Crippen LogP contribution in [-0.2, 0) is 4.74 Å². The quantitative estimate of drug-likeness (QED) is 0.849. The second kappa shape index (κ2) is 7.07. The number of para-hydroxylation sites is 2. The summed E-state index contributed by atoms with van der Waals surface area (Å²) in [7, 11) is 0. The molecule has 0 aliphatic carbocycles. The maximum absolute atomic E-state index is 14.1. The van der Waals surface area contributed by atoms with E-state index in [0.29, 0.717) is 30.2 Å². The van der Waals surface area contributed by atoms with Crippen molar-refractivity contribution >= 4 is 23.4 Å². The first-order valence-electron chi connectivity index (χ1n) is 6.86. The van der Waals surface area contributed by atoms with Crippen LogP contribution in [0.3, 0.4) is 0 Å². The zero-order valence-corrected chi connectivity index (χ0v) is 11.8. The molecule has 120 valence electrons. The van der Waals surface area contributed by atoms with Crippen molar-refractivity contribution in [2.75, 3.05) is 24.3 Å². The van der Waals surface area contributed by atoms with E-state index in [1.165, 1.54) is 12.1 Å². The molecule has 3 N–H and O–H groups in total. The molecule has 0 aromatic heterocycles. The molecular weight excluding hydrogens is 295 g/mol. The topological polar surface area (TPSA) is 64.3 Å². The Hall–Kier alpha value is -2.66. The van der Waals surface area contributed by atoms with Crippen LogP contribution >= 0.6 is 0 Å². The third-order valence-corrected chi connectivity index (χ3v) is 3.39. The van der Waals surface area contributed by atoms with Gasteiger partial charge in [0, 0.05) is 0 Å². The summed E-state index contributed by atoms with van der Waals surface area (Å²) < 4.78 is 19.2. The lowest BCUT2D eigenvalue weighted by Crippen LogP contribution is -2.16. The highest BCUT2D eigenvalue weighted by Gasteiger charge is 2.14. The lowest BCUT2D eigenvalue weighted by molar-refractivity contribution is 0.102. The molecule has 1 fully saturated rings. The maximum atomic E-state index is 14.1. The Labute approximate surface area is 134 Å². The minimum Gasteiger partial charge on any atom is -0.397 e. The number of anilines is 2. The highest BCUT2D eigenvalue weighted by molar-refractivity contribution is 6.06. The third kappa shape index (κ3) is 3.76. The molecule has 1 amide bonds. The Morgan fingerprint density at radius 1 is 1.22 bits per heavy atom. The Bertz CT molecular complexity index is 750. The maximum Gasteiger partial charge on any atom is 0.258 e. The van der Waals surface area contributed by atoms with E-state index in [-0.39, 0.29) is 13.0 Å². The molecule has 0 unspecified atom stereocenters. The van der Waals surface area contributed by atoms with E-state index < -0.39 is 11.7 Å². The molecule has 0 saturated carbocycles. The van der Waals surface area contributed by atoms with Crippen LogP contribution in [0.1, 0.15) is 23.3 Å². The summed E-state index contributed by atoms with van der Waals surface area (Å²) >= 11 is 0. The van der Waals surface area contributed by atoms with Crippen LogP contribution < -0.4 is 11.1 Å². The first kappa shape index (κ1) is 16.7. The van der Waals surface area contributed by atoms with Crippen LogP contribution in [0.4, 0.5) is 15.8 Å². The van der Waals surface area contributed by atoms with Crippen molar-refractivity contribution in [1.29, 1.82) is 0 Å². The van der Waals surface area contributed by atoms with E-state index in [9.17, 15) is 9.18 Å². The smallest absolute Gasteiger partial charge is 0.258 e. The Morgan fingerprint density at radius 3 is 2.57 bits per heavy atom. The number of nitrogen functional groups attached to an aromatic ring is 1. The molecule has 1 aliphatic heterocycles. The van der Waals surface area contributed by atoms with Crippen LogP contribution in [0, 0.1) is 5.82 Å². The fourth-order valence-electron chi connectivity index (χ4n) is 2.14. The number of nitrogens with one attached hydrogen (secondary N) is 1. The van der Waals surface area contributed by atoms with E-state index in [0.717, 1.165) is 5.57 Å². The van der Waals surface area contributed by atoms with Gasteiger partial charge in [0.25, 0.3) is 5.91 Å². The standard InChI is InChI=1S/C17H15FN2O2.CH4/c18-14-8-11(7-12-9-22-10-12)5-6-13(14)17(21)20-16-4-2-1-3-15(16)19;/h1-8H,9-10,19H2,(H,20,21);1H4. The highest BCUT2D eigenvalue weighted by atomic mass is 19.1. The Balaban J connectivity index is 0.00000192. The Morgan fingerprint density at radius 2 is 1.96 bits per heavy atom. The second-order valence-corrected chi connectivity index (χ2v) is 5.08. The van der Waals surface area contributed by atoms with Gasteiger partial charge in [0.15, 0.2) is 0 Å². The van der Waals surface area contributed by atoms with Gasteiger partial charge < -0.3 is 15.8 Å². The normalized spacial score (nSPS) is 12.8. The first-order chi connectivity index (χ1) is 10.6. The predicted octanol–water partition coefficient (Wildman–Crippen LogP) is 3.71. The summed E-state index contributed by atoms with van der Waals surface area (Å²) in [6, 6.07) is 11.4. The number of benzene rings is 2. The minimum atomic E-state index is -0.568. The van der Waals surface area contributed by atoms with Gasteiger partial charge in [-0.3, -0.25) is 4.79 Å². The van der Waals surface area contributed by atoms with Crippen molar-refractivity contribution in [2.24, 2.45) is 0 Å². The van der Waals surface area contributed by atoms with Gasteiger partial charge in [0.05, 0.1) is 30.2 Å². The SMILES string of the molecule is C.Nc1ccccc1NC(=O)c1ccc(C=C2COC2)cc1F. The van der Waals surface area contributed by atoms with Crippen molar-refractivity contribution < 1.29 is 13.9 Å². The van der Waals surface area contributed by atoms with Gasteiger partial charge in [0.1, 0.15) is 5.82 Å².